The van der Waals surface area contributed by atoms with Crippen LogP contribution in [0.25, 0.3) is 22.5 Å². The van der Waals surface area contributed by atoms with Crippen LogP contribution < -0.4 is 0 Å². The Hall–Kier alpha value is -2.82. The zero-order chi connectivity index (χ0) is 24.4. The maximum Gasteiger partial charge on any atom is 0.134 e. The molecule has 3 heterocycles. The van der Waals surface area contributed by atoms with Gasteiger partial charge in [0.2, 0.25) is 0 Å². The molecule has 0 radical (unpaired) electrons. The lowest BCUT2D eigenvalue weighted by atomic mass is 9.76. The first kappa shape index (κ1) is 22.9. The predicted molar refractivity (Wildman–Crippen MR) is 134 cm³/mol. The molecule has 0 N–H and O–H groups in total. The normalized spacial score (nSPS) is 15.5. The van der Waals surface area contributed by atoms with E-state index in [2.05, 4.69) is 0 Å². The first-order chi connectivity index (χ1) is 16.0. The fourth-order valence-electron chi connectivity index (χ4n) is 4.59. The molecule has 0 spiro atoms. The molecule has 5 rings (SSSR count). The zero-order valence-electron chi connectivity index (χ0n) is 19.2. The highest BCUT2D eigenvalue weighted by Crippen LogP contribution is 2.44. The fourth-order valence-corrected chi connectivity index (χ4v) is 5.36. The van der Waals surface area contributed by atoms with Crippen LogP contribution in [0.5, 0.6) is 0 Å². The molecular weight excluding hydrogens is 473 g/mol. The second kappa shape index (κ2) is 7.86. The summed E-state index contributed by atoms with van der Waals surface area (Å²) < 4.78 is 30.4. The van der Waals surface area contributed by atoms with E-state index in [-0.39, 0.29) is 10.0 Å². The smallest absolute Gasteiger partial charge is 0.134 e. The van der Waals surface area contributed by atoms with Crippen molar-refractivity contribution < 1.29 is 8.78 Å². The lowest BCUT2D eigenvalue weighted by Gasteiger charge is -2.30. The van der Waals surface area contributed by atoms with Gasteiger partial charge in [-0.3, -0.25) is 9.97 Å². The second-order valence-electron chi connectivity index (χ2n) is 9.69. The number of pyridine rings is 2. The first-order valence-corrected chi connectivity index (χ1v) is 11.7. The van der Waals surface area contributed by atoms with Crippen molar-refractivity contribution in [1.29, 1.82) is 0 Å². The number of halogens is 4. The van der Waals surface area contributed by atoms with Crippen molar-refractivity contribution in [2.75, 3.05) is 0 Å². The molecule has 2 aromatic heterocycles. The third kappa shape index (κ3) is 3.52. The summed E-state index contributed by atoms with van der Waals surface area (Å²) in [7, 11) is 0. The molecule has 0 fully saturated rings. The van der Waals surface area contributed by atoms with Crippen LogP contribution in [-0.4, -0.2) is 9.97 Å². The molecule has 1 aliphatic rings. The van der Waals surface area contributed by atoms with Crippen LogP contribution in [0, 0.1) is 11.6 Å². The van der Waals surface area contributed by atoms with Crippen LogP contribution >= 0.6 is 23.2 Å². The molecule has 0 saturated carbocycles. The minimum atomic E-state index is -0.766. The maximum absolute atomic E-state index is 15.2. The van der Waals surface area contributed by atoms with Crippen molar-refractivity contribution >= 4 is 23.2 Å². The van der Waals surface area contributed by atoms with E-state index in [4.69, 9.17) is 33.2 Å². The Morgan fingerprint density at radius 2 is 1.03 bits per heavy atom. The number of fused-ring (bicyclic) bond motifs is 10. The van der Waals surface area contributed by atoms with Gasteiger partial charge in [-0.05, 0) is 73.5 Å². The van der Waals surface area contributed by atoms with Crippen LogP contribution in [0.2, 0.25) is 10.0 Å². The molecule has 34 heavy (non-hydrogen) atoms. The molecule has 8 bridgehead atoms. The van der Waals surface area contributed by atoms with Crippen LogP contribution in [0.15, 0.2) is 60.7 Å². The van der Waals surface area contributed by atoms with E-state index in [1.165, 1.54) is 12.1 Å². The summed E-state index contributed by atoms with van der Waals surface area (Å²) in [6.45, 7) is 7.85. The molecule has 0 atom stereocenters. The predicted octanol–water partition coefficient (Wildman–Crippen LogP) is 8.36. The molecular formula is C28H22Cl2F2N2. The first-order valence-electron chi connectivity index (χ1n) is 10.9. The van der Waals surface area contributed by atoms with E-state index >= 15 is 8.78 Å². The lowest BCUT2D eigenvalue weighted by molar-refractivity contribution is 0.592. The Labute approximate surface area is 207 Å². The van der Waals surface area contributed by atoms with E-state index in [9.17, 15) is 0 Å². The summed E-state index contributed by atoms with van der Waals surface area (Å²) in [5.74, 6) is -0.935. The number of hydrogen-bond donors (Lipinski definition) is 0. The molecule has 172 valence electrons. The van der Waals surface area contributed by atoms with Gasteiger partial charge in [0, 0.05) is 32.0 Å². The van der Waals surface area contributed by atoms with Gasteiger partial charge in [0.15, 0.2) is 0 Å². The molecule has 0 amide bonds. The van der Waals surface area contributed by atoms with Crippen LogP contribution in [-0.2, 0) is 10.8 Å². The second-order valence-corrected chi connectivity index (χ2v) is 10.5. The topological polar surface area (TPSA) is 25.8 Å². The van der Waals surface area contributed by atoms with Crippen molar-refractivity contribution in [3.63, 3.8) is 0 Å². The Bertz CT molecular complexity index is 1350. The quantitative estimate of drug-likeness (QED) is 0.245. The summed E-state index contributed by atoms with van der Waals surface area (Å²) in [5, 5.41) is 0.522. The summed E-state index contributed by atoms with van der Waals surface area (Å²) in [5.41, 5.74) is 3.05. The number of benzene rings is 2. The Kier molecular flexibility index (Phi) is 5.30. The van der Waals surface area contributed by atoms with Gasteiger partial charge >= 0.3 is 0 Å². The summed E-state index contributed by atoms with van der Waals surface area (Å²) in [4.78, 5) is 9.64. The third-order valence-corrected chi connectivity index (χ3v) is 7.42. The van der Waals surface area contributed by atoms with Crippen LogP contribution in [0.4, 0.5) is 8.78 Å². The van der Waals surface area contributed by atoms with E-state index < -0.39 is 22.5 Å². The van der Waals surface area contributed by atoms with E-state index in [1.807, 2.05) is 52.0 Å². The Morgan fingerprint density at radius 1 is 0.618 bits per heavy atom. The molecule has 2 aromatic carbocycles. The van der Waals surface area contributed by atoms with Gasteiger partial charge in [0.1, 0.15) is 11.6 Å². The molecule has 4 aromatic rings. The van der Waals surface area contributed by atoms with Crippen molar-refractivity contribution in [1.82, 2.24) is 9.97 Å². The minimum Gasteiger partial charge on any atom is -0.252 e. The molecule has 0 saturated heterocycles. The van der Waals surface area contributed by atoms with Crippen molar-refractivity contribution in [3.05, 3.63) is 105 Å². The summed E-state index contributed by atoms with van der Waals surface area (Å²) >= 11 is 13.1. The van der Waals surface area contributed by atoms with Gasteiger partial charge in [-0.2, -0.15) is 0 Å². The number of aromatic nitrogens is 2. The van der Waals surface area contributed by atoms with Crippen molar-refractivity contribution in [2.24, 2.45) is 0 Å². The lowest BCUT2D eigenvalue weighted by Crippen LogP contribution is -2.23. The SMILES string of the molecule is CC1(C)c2cccc(n2)-c2cc(c(Cl)cc2F)C(C)(C)c2cc(c(F)cc2Cl)-c2cccc1n2. The van der Waals surface area contributed by atoms with Crippen LogP contribution in [0.1, 0.15) is 50.2 Å². The Balaban J connectivity index is 1.93. The van der Waals surface area contributed by atoms with E-state index in [1.54, 1.807) is 24.3 Å². The van der Waals surface area contributed by atoms with Gasteiger partial charge in [0.05, 0.1) is 22.8 Å². The van der Waals surface area contributed by atoms with Gasteiger partial charge in [-0.15, -0.1) is 0 Å². The van der Waals surface area contributed by atoms with E-state index in [0.717, 1.165) is 11.4 Å². The summed E-state index contributed by atoms with van der Waals surface area (Å²) in [6.07, 6.45) is 0. The minimum absolute atomic E-state index is 0.261. The summed E-state index contributed by atoms with van der Waals surface area (Å²) in [6, 6.07) is 17.1. The third-order valence-electron chi connectivity index (χ3n) is 6.79. The van der Waals surface area contributed by atoms with Gasteiger partial charge < -0.3 is 0 Å². The number of nitrogens with zero attached hydrogens (tertiary/aromatic N) is 2. The zero-order valence-corrected chi connectivity index (χ0v) is 20.7. The highest BCUT2D eigenvalue weighted by molar-refractivity contribution is 6.32. The monoisotopic (exact) mass is 494 g/mol. The largest absolute Gasteiger partial charge is 0.252 e. The van der Waals surface area contributed by atoms with E-state index in [0.29, 0.717) is 33.6 Å². The highest BCUT2D eigenvalue weighted by atomic mass is 35.5. The van der Waals surface area contributed by atoms with Gasteiger partial charge in [-0.1, -0.05) is 49.2 Å². The average Bonchev–Trinajstić information content (AvgIpc) is 2.78. The average molecular weight is 495 g/mol. The molecule has 2 nitrogen and oxygen atoms in total. The number of hydrogen-bond acceptors (Lipinski definition) is 2. The standard InChI is InChI=1S/C28H22Cl2F2N2/c1-27(2)17-11-15(21(31)13-19(17)29)23-7-5-9-25(33-23)28(3,4)26-10-6-8-24(34-26)16-12-18(27)20(30)14-22(16)32/h5-14H,1-4H3. The molecule has 6 heteroatoms. The molecule has 1 aliphatic heterocycles. The maximum atomic E-state index is 15.2. The Morgan fingerprint density at radius 3 is 1.44 bits per heavy atom. The highest BCUT2D eigenvalue weighted by Gasteiger charge is 2.32. The van der Waals surface area contributed by atoms with Crippen LogP contribution in [0.3, 0.4) is 0 Å². The van der Waals surface area contributed by atoms with Gasteiger partial charge in [-0.25, -0.2) is 8.78 Å². The molecule has 0 unspecified atom stereocenters. The fraction of sp³-hybridized carbons (Fsp3) is 0.214. The van der Waals surface area contributed by atoms with Crippen molar-refractivity contribution in [3.8, 4) is 22.5 Å². The van der Waals surface area contributed by atoms with Gasteiger partial charge in [0.25, 0.3) is 0 Å². The van der Waals surface area contributed by atoms with Crippen molar-refractivity contribution in [2.45, 2.75) is 38.5 Å². The molecule has 0 aliphatic carbocycles. The number of rotatable bonds is 0.